The molecule has 1 aliphatic rings. The lowest BCUT2D eigenvalue weighted by molar-refractivity contribution is 0.257. The molecule has 4 heteroatoms. The summed E-state index contributed by atoms with van der Waals surface area (Å²) in [6, 6.07) is 3.45. The number of rotatable bonds is 6. The summed E-state index contributed by atoms with van der Waals surface area (Å²) in [4.78, 5) is 6.65. The van der Waals surface area contributed by atoms with Crippen molar-refractivity contribution in [1.82, 2.24) is 9.88 Å². The highest BCUT2D eigenvalue weighted by molar-refractivity contribution is 5.53. The fourth-order valence-corrected chi connectivity index (χ4v) is 1.92. The number of nitrogens with one attached hydrogen (secondary N) is 2. The van der Waals surface area contributed by atoms with E-state index in [1.54, 1.807) is 0 Å². The normalized spacial score (nSPS) is 16.9. The summed E-state index contributed by atoms with van der Waals surface area (Å²) in [5, 5.41) is 6.53. The minimum absolute atomic E-state index is 0.556. The average Bonchev–Trinajstić information content (AvgIpc) is 3.19. The number of hydrogen-bond donors (Lipinski definition) is 2. The molecule has 1 aromatic heterocycles. The largest absolute Gasteiger partial charge is 0.387 e. The smallest absolute Gasteiger partial charge is 0.0548 e. The van der Waals surface area contributed by atoms with Crippen LogP contribution >= 0.6 is 0 Å². The second kappa shape index (κ2) is 5.36. The lowest BCUT2D eigenvalue weighted by Crippen LogP contribution is -2.36. The van der Waals surface area contributed by atoms with Crippen LogP contribution in [0, 0.1) is 0 Å². The van der Waals surface area contributed by atoms with E-state index in [-0.39, 0.29) is 0 Å². The minimum atomic E-state index is 0.556. The first-order chi connectivity index (χ1) is 8.20. The van der Waals surface area contributed by atoms with Crippen molar-refractivity contribution in [3.63, 3.8) is 0 Å². The first kappa shape index (κ1) is 12.2. The highest BCUT2D eigenvalue weighted by Gasteiger charge is 2.28. The van der Waals surface area contributed by atoms with Gasteiger partial charge in [-0.1, -0.05) is 0 Å². The van der Waals surface area contributed by atoms with Crippen molar-refractivity contribution in [2.45, 2.75) is 31.8 Å². The predicted molar refractivity (Wildman–Crippen MR) is 72.5 cm³/mol. The van der Waals surface area contributed by atoms with E-state index in [1.165, 1.54) is 12.8 Å². The van der Waals surface area contributed by atoms with Gasteiger partial charge in [0.15, 0.2) is 0 Å². The molecule has 0 radical (unpaired) electrons. The Bertz CT molecular complexity index is 362. The zero-order valence-corrected chi connectivity index (χ0v) is 10.9. The van der Waals surface area contributed by atoms with Gasteiger partial charge in [0, 0.05) is 25.7 Å². The van der Waals surface area contributed by atoms with Crippen LogP contribution in [0.25, 0.3) is 0 Å². The molecule has 2 N–H and O–H groups in total. The van der Waals surface area contributed by atoms with E-state index in [0.29, 0.717) is 6.04 Å². The second-order valence-electron chi connectivity index (χ2n) is 4.84. The molecule has 1 saturated carbocycles. The molecule has 0 aromatic carbocycles. The number of pyridine rings is 1. The van der Waals surface area contributed by atoms with Crippen LogP contribution < -0.4 is 10.6 Å². The molecule has 0 aliphatic heterocycles. The summed E-state index contributed by atoms with van der Waals surface area (Å²) < 4.78 is 0. The van der Waals surface area contributed by atoms with Crippen molar-refractivity contribution in [2.24, 2.45) is 0 Å². The lowest BCUT2D eigenvalue weighted by atomic mass is 10.2. The van der Waals surface area contributed by atoms with E-state index in [9.17, 15) is 0 Å². The second-order valence-corrected chi connectivity index (χ2v) is 4.84. The highest BCUT2D eigenvalue weighted by Crippen LogP contribution is 2.27. The molecule has 1 aromatic rings. The molecule has 1 unspecified atom stereocenters. The molecule has 1 fully saturated rings. The van der Waals surface area contributed by atoms with Crippen molar-refractivity contribution in [1.29, 1.82) is 0 Å². The van der Waals surface area contributed by atoms with Gasteiger partial charge >= 0.3 is 0 Å². The van der Waals surface area contributed by atoms with Gasteiger partial charge < -0.3 is 10.6 Å². The van der Waals surface area contributed by atoms with Crippen molar-refractivity contribution in [2.75, 3.05) is 31.3 Å². The highest BCUT2D eigenvalue weighted by atomic mass is 15.2. The predicted octanol–water partition coefficient (Wildman–Crippen LogP) is 2.02. The Kier molecular flexibility index (Phi) is 3.84. The number of anilines is 2. The van der Waals surface area contributed by atoms with Crippen LogP contribution in [-0.4, -0.2) is 42.6 Å². The van der Waals surface area contributed by atoms with E-state index in [4.69, 9.17) is 0 Å². The van der Waals surface area contributed by atoms with Gasteiger partial charge in [0.2, 0.25) is 0 Å². The first-order valence-electron chi connectivity index (χ1n) is 6.29. The summed E-state index contributed by atoms with van der Waals surface area (Å²) in [5.41, 5.74) is 2.12. The minimum Gasteiger partial charge on any atom is -0.387 e. The van der Waals surface area contributed by atoms with Gasteiger partial charge in [-0.2, -0.15) is 0 Å². The lowest BCUT2D eigenvalue weighted by Gasteiger charge is -2.25. The van der Waals surface area contributed by atoms with Gasteiger partial charge in [0.05, 0.1) is 23.8 Å². The molecule has 1 atom stereocenters. The molecule has 0 bridgehead atoms. The Morgan fingerprint density at radius 2 is 2.12 bits per heavy atom. The van der Waals surface area contributed by atoms with Crippen LogP contribution in [0.4, 0.5) is 11.4 Å². The third-order valence-corrected chi connectivity index (χ3v) is 3.45. The topological polar surface area (TPSA) is 40.2 Å². The average molecular weight is 234 g/mol. The van der Waals surface area contributed by atoms with Gasteiger partial charge in [-0.25, -0.2) is 0 Å². The Morgan fingerprint density at radius 1 is 1.41 bits per heavy atom. The van der Waals surface area contributed by atoms with E-state index in [0.717, 1.165) is 24.0 Å². The number of nitrogens with zero attached hydrogens (tertiary/aromatic N) is 2. The molecule has 0 saturated heterocycles. The molecular weight excluding hydrogens is 212 g/mol. The SMILES string of the molecule is CNc1cncc(NCC(C)N(C)C2CC2)c1. The Balaban J connectivity index is 1.83. The molecule has 0 amide bonds. The summed E-state index contributed by atoms with van der Waals surface area (Å²) in [6.07, 6.45) is 6.41. The molecule has 17 heavy (non-hydrogen) atoms. The van der Waals surface area contributed by atoms with E-state index in [1.807, 2.05) is 19.4 Å². The van der Waals surface area contributed by atoms with E-state index in [2.05, 4.69) is 40.6 Å². The standard InChI is InChI=1S/C13H22N4/c1-10(17(3)13-4-5-13)7-16-12-6-11(14-2)8-15-9-12/h6,8-10,13-14,16H,4-5,7H2,1-3H3. The third-order valence-electron chi connectivity index (χ3n) is 3.45. The molecular formula is C13H22N4. The molecule has 94 valence electrons. The molecule has 0 spiro atoms. The van der Waals surface area contributed by atoms with Crippen LogP contribution in [-0.2, 0) is 0 Å². The van der Waals surface area contributed by atoms with Crippen LogP contribution in [0.2, 0.25) is 0 Å². The zero-order chi connectivity index (χ0) is 12.3. The van der Waals surface area contributed by atoms with Crippen molar-refractivity contribution < 1.29 is 0 Å². The fraction of sp³-hybridized carbons (Fsp3) is 0.615. The van der Waals surface area contributed by atoms with Crippen molar-refractivity contribution in [3.8, 4) is 0 Å². The van der Waals surface area contributed by atoms with Crippen LogP contribution in [0.1, 0.15) is 19.8 Å². The van der Waals surface area contributed by atoms with Gasteiger partial charge in [-0.05, 0) is 32.9 Å². The Hall–Kier alpha value is -1.29. The zero-order valence-electron chi connectivity index (χ0n) is 10.9. The quantitative estimate of drug-likeness (QED) is 0.790. The number of aromatic nitrogens is 1. The molecule has 4 nitrogen and oxygen atoms in total. The van der Waals surface area contributed by atoms with Gasteiger partial charge in [0.25, 0.3) is 0 Å². The maximum atomic E-state index is 4.19. The summed E-state index contributed by atoms with van der Waals surface area (Å²) in [7, 11) is 4.12. The fourth-order valence-electron chi connectivity index (χ4n) is 1.92. The monoisotopic (exact) mass is 234 g/mol. The van der Waals surface area contributed by atoms with E-state index >= 15 is 0 Å². The summed E-state index contributed by atoms with van der Waals surface area (Å²) in [6.45, 7) is 3.22. The number of hydrogen-bond acceptors (Lipinski definition) is 4. The summed E-state index contributed by atoms with van der Waals surface area (Å²) >= 11 is 0. The number of likely N-dealkylation sites (N-methyl/N-ethyl adjacent to an activating group) is 1. The summed E-state index contributed by atoms with van der Waals surface area (Å²) in [5.74, 6) is 0. The molecule has 2 rings (SSSR count). The van der Waals surface area contributed by atoms with Crippen LogP contribution in [0.5, 0.6) is 0 Å². The van der Waals surface area contributed by atoms with Crippen molar-refractivity contribution >= 4 is 11.4 Å². The maximum absolute atomic E-state index is 4.19. The van der Waals surface area contributed by atoms with Crippen molar-refractivity contribution in [3.05, 3.63) is 18.5 Å². The Morgan fingerprint density at radius 3 is 2.76 bits per heavy atom. The van der Waals surface area contributed by atoms with Crippen LogP contribution in [0.3, 0.4) is 0 Å². The van der Waals surface area contributed by atoms with Crippen LogP contribution in [0.15, 0.2) is 18.5 Å². The van der Waals surface area contributed by atoms with Gasteiger partial charge in [-0.3, -0.25) is 9.88 Å². The first-order valence-corrected chi connectivity index (χ1v) is 6.29. The van der Waals surface area contributed by atoms with E-state index < -0.39 is 0 Å². The molecule has 1 heterocycles. The van der Waals surface area contributed by atoms with Gasteiger partial charge in [-0.15, -0.1) is 0 Å². The molecule has 1 aliphatic carbocycles. The Labute approximate surface area is 103 Å². The third kappa shape index (κ3) is 3.33. The maximum Gasteiger partial charge on any atom is 0.0548 e. The van der Waals surface area contributed by atoms with Gasteiger partial charge in [0.1, 0.15) is 0 Å².